The molecule has 1 amide bonds. The number of ether oxygens (including phenoxy) is 2. The molecule has 12 heteroatoms. The van der Waals surface area contributed by atoms with Gasteiger partial charge >= 0.3 is 12.1 Å². The number of nitrogens with zero attached hydrogens (tertiary/aromatic N) is 4. The molecule has 0 aliphatic carbocycles. The van der Waals surface area contributed by atoms with Gasteiger partial charge in [-0.3, -0.25) is 4.79 Å². The lowest BCUT2D eigenvalue weighted by atomic mass is 10.1. The first-order valence-electron chi connectivity index (χ1n) is 8.30. The molecule has 0 radical (unpaired) electrons. The van der Waals surface area contributed by atoms with E-state index in [-0.39, 0.29) is 18.1 Å². The highest BCUT2D eigenvalue weighted by atomic mass is 19.4. The number of carbonyl (C=O) groups is 1. The Bertz CT molecular complexity index is 1080. The molecule has 9 nitrogen and oxygen atoms in total. The van der Waals surface area contributed by atoms with Gasteiger partial charge in [-0.2, -0.15) is 0 Å². The Hall–Kier alpha value is -3.57. The summed E-state index contributed by atoms with van der Waals surface area (Å²) in [5.74, 6) is -0.406. The Labute approximate surface area is 161 Å². The molecule has 0 saturated carbocycles. The van der Waals surface area contributed by atoms with Gasteiger partial charge in [-0.05, 0) is 24.6 Å². The van der Waals surface area contributed by atoms with Crippen molar-refractivity contribution in [1.29, 1.82) is 0 Å². The molecule has 0 spiro atoms. The Balaban J connectivity index is 1.67. The Morgan fingerprint density at radius 2 is 1.93 bits per heavy atom. The van der Waals surface area contributed by atoms with Gasteiger partial charge < -0.3 is 14.8 Å². The van der Waals surface area contributed by atoms with Crippen LogP contribution >= 0.6 is 0 Å². The topological polar surface area (TPSA) is 99.8 Å². The van der Waals surface area contributed by atoms with Crippen LogP contribution in [0.25, 0.3) is 5.78 Å². The molecule has 0 bridgehead atoms. The number of hydrogen-bond donors (Lipinski definition) is 1. The van der Waals surface area contributed by atoms with E-state index < -0.39 is 24.0 Å². The van der Waals surface area contributed by atoms with Crippen LogP contribution in [0.3, 0.4) is 0 Å². The first-order valence-corrected chi connectivity index (χ1v) is 8.30. The summed E-state index contributed by atoms with van der Waals surface area (Å²) in [7, 11) is 1.43. The van der Waals surface area contributed by atoms with Crippen molar-refractivity contribution in [2.24, 2.45) is 0 Å². The molecule has 0 aliphatic heterocycles. The second-order valence-electron chi connectivity index (χ2n) is 6.01. The smallest absolute Gasteiger partial charge is 0.494 e. The summed E-state index contributed by atoms with van der Waals surface area (Å²) in [4.78, 5) is 28.6. The molecule has 1 aromatic carbocycles. The zero-order valence-electron chi connectivity index (χ0n) is 15.3. The van der Waals surface area contributed by atoms with E-state index in [1.807, 2.05) is 0 Å². The summed E-state index contributed by atoms with van der Waals surface area (Å²) in [6.07, 6.45) is -1.98. The highest BCUT2D eigenvalue weighted by Gasteiger charge is 2.31. The van der Waals surface area contributed by atoms with Crippen LogP contribution < -0.4 is 20.5 Å². The molecule has 1 atom stereocenters. The lowest BCUT2D eigenvalue weighted by Crippen LogP contribution is -2.34. The second kappa shape index (κ2) is 7.81. The predicted molar refractivity (Wildman–Crippen MR) is 93.5 cm³/mol. The first kappa shape index (κ1) is 20.2. The normalized spacial score (nSPS) is 12.6. The number of carbonyl (C=O) groups excluding carboxylic acids is 1. The number of benzene rings is 1. The van der Waals surface area contributed by atoms with E-state index in [9.17, 15) is 22.8 Å². The minimum absolute atomic E-state index is 0.108. The molecule has 3 aromatic rings. The lowest BCUT2D eigenvalue weighted by molar-refractivity contribution is -0.274. The van der Waals surface area contributed by atoms with E-state index in [0.29, 0.717) is 11.3 Å². The van der Waals surface area contributed by atoms with Crippen LogP contribution in [0, 0.1) is 0 Å². The molecule has 3 rings (SSSR count). The fourth-order valence-electron chi connectivity index (χ4n) is 2.56. The number of amides is 1. The molecular weight excluding hydrogens is 395 g/mol. The number of hydrogen-bond acceptors (Lipinski definition) is 6. The van der Waals surface area contributed by atoms with Gasteiger partial charge in [-0.1, -0.05) is 12.1 Å². The van der Waals surface area contributed by atoms with E-state index >= 15 is 0 Å². The summed E-state index contributed by atoms with van der Waals surface area (Å²) in [6, 6.07) is 4.58. The first-order chi connectivity index (χ1) is 13.7. The Morgan fingerprint density at radius 1 is 1.24 bits per heavy atom. The van der Waals surface area contributed by atoms with Crippen molar-refractivity contribution in [3.63, 3.8) is 0 Å². The van der Waals surface area contributed by atoms with Crippen LogP contribution in [0.5, 0.6) is 11.5 Å². The molecular formula is C17H16F3N5O4. The van der Waals surface area contributed by atoms with Gasteiger partial charge in [0.05, 0.1) is 25.5 Å². The molecule has 0 fully saturated rings. The maximum Gasteiger partial charge on any atom is 0.573 e. The number of aromatic nitrogens is 4. The van der Waals surface area contributed by atoms with E-state index in [2.05, 4.69) is 20.1 Å². The van der Waals surface area contributed by atoms with Crippen molar-refractivity contribution in [3.8, 4) is 11.5 Å². The SMILES string of the molecule is COc1cnc2nn(CC(=O)N[C@@H](C)c3ccc(OC(F)(F)F)cc3)c(=O)n2c1. The third-order valence-electron chi connectivity index (χ3n) is 3.94. The van der Waals surface area contributed by atoms with Gasteiger partial charge in [-0.25, -0.2) is 18.9 Å². The number of nitrogens with one attached hydrogen (secondary N) is 1. The quantitative estimate of drug-likeness (QED) is 0.663. The van der Waals surface area contributed by atoms with Gasteiger partial charge in [0, 0.05) is 0 Å². The fraction of sp³-hybridized carbons (Fsp3) is 0.294. The molecule has 154 valence electrons. The van der Waals surface area contributed by atoms with E-state index in [0.717, 1.165) is 21.2 Å². The van der Waals surface area contributed by atoms with Crippen LogP contribution in [-0.2, 0) is 11.3 Å². The third-order valence-corrected chi connectivity index (χ3v) is 3.94. The van der Waals surface area contributed by atoms with Gasteiger partial charge in [0.2, 0.25) is 5.91 Å². The zero-order valence-corrected chi connectivity index (χ0v) is 15.3. The van der Waals surface area contributed by atoms with Crippen molar-refractivity contribution < 1.29 is 27.4 Å². The monoisotopic (exact) mass is 411 g/mol. The van der Waals surface area contributed by atoms with Crippen LogP contribution in [-0.4, -0.2) is 38.5 Å². The number of halogens is 3. The van der Waals surface area contributed by atoms with Crippen molar-refractivity contribution in [2.45, 2.75) is 25.9 Å². The van der Waals surface area contributed by atoms with Gasteiger partial charge in [0.15, 0.2) is 5.75 Å². The van der Waals surface area contributed by atoms with E-state index in [1.165, 1.54) is 31.6 Å². The third kappa shape index (κ3) is 4.83. The van der Waals surface area contributed by atoms with Crippen molar-refractivity contribution in [1.82, 2.24) is 24.5 Å². The van der Waals surface area contributed by atoms with Crippen molar-refractivity contribution in [2.75, 3.05) is 7.11 Å². The zero-order chi connectivity index (χ0) is 21.2. The average Bonchev–Trinajstić information content (AvgIpc) is 2.95. The molecule has 2 aromatic heterocycles. The molecule has 1 N–H and O–H groups in total. The van der Waals surface area contributed by atoms with Crippen molar-refractivity contribution in [3.05, 3.63) is 52.7 Å². The predicted octanol–water partition coefficient (Wildman–Crippen LogP) is 1.68. The fourth-order valence-corrected chi connectivity index (χ4v) is 2.56. The van der Waals surface area contributed by atoms with Crippen LogP contribution in [0.4, 0.5) is 13.2 Å². The average molecular weight is 411 g/mol. The van der Waals surface area contributed by atoms with Crippen LogP contribution in [0.1, 0.15) is 18.5 Å². The van der Waals surface area contributed by atoms with Gasteiger partial charge in [0.1, 0.15) is 12.3 Å². The highest BCUT2D eigenvalue weighted by Crippen LogP contribution is 2.24. The van der Waals surface area contributed by atoms with Crippen molar-refractivity contribution >= 4 is 11.7 Å². The molecule has 0 aliphatic rings. The Morgan fingerprint density at radius 3 is 2.55 bits per heavy atom. The summed E-state index contributed by atoms with van der Waals surface area (Å²) < 4.78 is 47.5. The maximum atomic E-state index is 12.3. The van der Waals surface area contributed by atoms with Gasteiger partial charge in [-0.15, -0.1) is 18.3 Å². The second-order valence-corrected chi connectivity index (χ2v) is 6.01. The van der Waals surface area contributed by atoms with Crippen LogP contribution in [0.15, 0.2) is 41.5 Å². The largest absolute Gasteiger partial charge is 0.573 e. The number of fused-ring (bicyclic) bond motifs is 1. The molecule has 0 saturated heterocycles. The number of rotatable bonds is 6. The highest BCUT2D eigenvalue weighted by molar-refractivity contribution is 5.76. The molecule has 29 heavy (non-hydrogen) atoms. The summed E-state index contributed by atoms with van der Waals surface area (Å²) in [5, 5.41) is 6.62. The van der Waals surface area contributed by atoms with Crippen LogP contribution in [0.2, 0.25) is 0 Å². The molecule has 2 heterocycles. The number of alkyl halides is 3. The maximum absolute atomic E-state index is 12.3. The lowest BCUT2D eigenvalue weighted by Gasteiger charge is -2.15. The Kier molecular flexibility index (Phi) is 5.43. The minimum Gasteiger partial charge on any atom is -0.494 e. The standard InChI is InChI=1S/C17H16F3N5O4/c1-10(11-3-5-12(6-4-11)29-17(18,19)20)22-14(26)9-25-16(27)24-8-13(28-2)7-21-15(24)23-25/h3-8,10H,9H2,1-2H3,(H,22,26)/t10-/m0/s1. The summed E-state index contributed by atoms with van der Waals surface area (Å²) >= 11 is 0. The van der Waals surface area contributed by atoms with E-state index in [4.69, 9.17) is 4.74 Å². The summed E-state index contributed by atoms with van der Waals surface area (Å²) in [5.41, 5.74) is -0.00974. The molecule has 0 unspecified atom stereocenters. The minimum atomic E-state index is -4.78. The van der Waals surface area contributed by atoms with Gasteiger partial charge in [0.25, 0.3) is 5.78 Å². The van der Waals surface area contributed by atoms with E-state index in [1.54, 1.807) is 6.92 Å². The summed E-state index contributed by atoms with van der Waals surface area (Å²) in [6.45, 7) is 1.29. The number of methoxy groups -OCH3 is 1.